The molecule has 8 nitrogen and oxygen atoms in total. The van der Waals surface area contributed by atoms with Crippen molar-refractivity contribution in [3.63, 3.8) is 0 Å². The van der Waals surface area contributed by atoms with Crippen molar-refractivity contribution in [1.29, 1.82) is 0 Å². The van der Waals surface area contributed by atoms with E-state index in [4.69, 9.17) is 0 Å². The van der Waals surface area contributed by atoms with Gasteiger partial charge < -0.3 is 5.32 Å². The van der Waals surface area contributed by atoms with Crippen molar-refractivity contribution in [1.82, 2.24) is 14.5 Å². The van der Waals surface area contributed by atoms with Crippen LogP contribution in [-0.4, -0.2) is 35.1 Å². The number of aryl methyl sites for hydroxylation is 1. The summed E-state index contributed by atoms with van der Waals surface area (Å²) >= 11 is 2.59. The van der Waals surface area contributed by atoms with Crippen molar-refractivity contribution < 1.29 is 13.2 Å². The first-order valence-electron chi connectivity index (χ1n) is 8.14. The first kappa shape index (κ1) is 18.7. The Morgan fingerprint density at radius 3 is 2.89 bits per heavy atom. The Kier molecular flexibility index (Phi) is 4.73. The predicted octanol–water partition coefficient (Wildman–Crippen LogP) is 2.50. The lowest BCUT2D eigenvalue weighted by Gasteiger charge is -2.05. The average molecular weight is 435 g/mol. The van der Waals surface area contributed by atoms with Gasteiger partial charge in [0, 0.05) is 19.2 Å². The summed E-state index contributed by atoms with van der Waals surface area (Å²) in [6, 6.07) is 6.36. The number of thiophene rings is 1. The number of thiazole rings is 1. The van der Waals surface area contributed by atoms with Gasteiger partial charge in [-0.15, -0.1) is 11.3 Å². The third-order valence-corrected chi connectivity index (χ3v) is 6.93. The molecule has 1 N–H and O–H groups in total. The summed E-state index contributed by atoms with van der Waals surface area (Å²) in [7, 11) is -3.31. The second-order valence-corrected chi connectivity index (χ2v) is 10.0. The number of rotatable bonds is 5. The Morgan fingerprint density at radius 2 is 2.11 bits per heavy atom. The molecule has 0 aliphatic rings. The maximum Gasteiger partial charge on any atom is 0.262 e. The molecule has 0 radical (unpaired) electrons. The lowest BCUT2D eigenvalue weighted by atomic mass is 10.3. The van der Waals surface area contributed by atoms with Crippen LogP contribution in [0.1, 0.15) is 6.42 Å². The smallest absolute Gasteiger partial charge is 0.262 e. The van der Waals surface area contributed by atoms with Crippen LogP contribution in [0.5, 0.6) is 0 Å². The minimum atomic E-state index is -3.31. The van der Waals surface area contributed by atoms with Crippen molar-refractivity contribution in [2.45, 2.75) is 17.9 Å². The third kappa shape index (κ3) is 3.68. The lowest BCUT2D eigenvalue weighted by Crippen LogP contribution is -2.23. The van der Waals surface area contributed by atoms with Crippen molar-refractivity contribution >= 4 is 64.0 Å². The Morgan fingerprint density at radius 1 is 1.29 bits per heavy atom. The Bertz CT molecular complexity index is 1370. The monoisotopic (exact) mass is 434 g/mol. The SMILES string of the molecule is CS(=O)(=O)c1ccc2nc(NC(=O)CCn3cnc4sccc4c3=O)sc2c1. The number of amides is 1. The molecule has 0 bridgehead atoms. The van der Waals surface area contributed by atoms with Crippen LogP contribution in [0.3, 0.4) is 0 Å². The van der Waals surface area contributed by atoms with E-state index < -0.39 is 9.84 Å². The molecule has 0 atom stereocenters. The minimum Gasteiger partial charge on any atom is -0.302 e. The standard InChI is InChI=1S/C17H14N4O4S3/c1-28(24,25)10-2-3-12-13(8-10)27-17(19-12)20-14(22)4-6-21-9-18-15-11(16(21)23)5-7-26-15/h2-3,5,7-9H,4,6H2,1H3,(H,19,20,22). The normalized spacial score (nSPS) is 11.9. The summed E-state index contributed by atoms with van der Waals surface area (Å²) in [5.41, 5.74) is 0.434. The predicted molar refractivity (Wildman–Crippen MR) is 110 cm³/mol. The second-order valence-electron chi connectivity index (χ2n) is 6.10. The van der Waals surface area contributed by atoms with Gasteiger partial charge in [-0.05, 0) is 29.6 Å². The quantitative estimate of drug-likeness (QED) is 0.517. The molecular weight excluding hydrogens is 420 g/mol. The molecule has 0 aliphatic heterocycles. The molecule has 1 aromatic carbocycles. The molecule has 0 saturated heterocycles. The fraction of sp³-hybridized carbons (Fsp3) is 0.176. The van der Waals surface area contributed by atoms with Crippen LogP contribution < -0.4 is 10.9 Å². The number of hydrogen-bond acceptors (Lipinski definition) is 8. The molecular formula is C17H14N4O4S3. The molecule has 28 heavy (non-hydrogen) atoms. The number of anilines is 1. The van der Waals surface area contributed by atoms with Crippen molar-refractivity contribution in [2.24, 2.45) is 0 Å². The van der Waals surface area contributed by atoms with Crippen LogP contribution in [-0.2, 0) is 21.2 Å². The van der Waals surface area contributed by atoms with E-state index in [1.54, 1.807) is 23.6 Å². The summed E-state index contributed by atoms with van der Waals surface area (Å²) in [6.45, 7) is 0.201. The van der Waals surface area contributed by atoms with Gasteiger partial charge in [-0.2, -0.15) is 0 Å². The summed E-state index contributed by atoms with van der Waals surface area (Å²) in [6.07, 6.45) is 2.67. The van der Waals surface area contributed by atoms with Crippen LogP contribution in [0.2, 0.25) is 0 Å². The highest BCUT2D eigenvalue weighted by Crippen LogP contribution is 2.28. The molecule has 3 aromatic heterocycles. The Labute approximate surface area is 167 Å². The number of nitrogens with one attached hydrogen (secondary N) is 1. The molecule has 0 fully saturated rings. The van der Waals surface area contributed by atoms with Gasteiger partial charge in [0.2, 0.25) is 5.91 Å². The topological polar surface area (TPSA) is 111 Å². The van der Waals surface area contributed by atoms with Gasteiger partial charge in [0.05, 0.1) is 26.8 Å². The van der Waals surface area contributed by atoms with E-state index in [-0.39, 0.29) is 29.3 Å². The Balaban J connectivity index is 1.47. The van der Waals surface area contributed by atoms with Gasteiger partial charge in [-0.3, -0.25) is 14.2 Å². The zero-order chi connectivity index (χ0) is 19.9. The van der Waals surface area contributed by atoms with E-state index in [2.05, 4.69) is 15.3 Å². The highest BCUT2D eigenvalue weighted by Gasteiger charge is 2.13. The minimum absolute atomic E-state index is 0.0851. The zero-order valence-corrected chi connectivity index (χ0v) is 17.0. The van der Waals surface area contributed by atoms with E-state index >= 15 is 0 Å². The molecule has 0 saturated carbocycles. The number of carbonyl (C=O) groups is 1. The van der Waals surface area contributed by atoms with Gasteiger partial charge >= 0.3 is 0 Å². The van der Waals surface area contributed by atoms with Gasteiger partial charge in [0.15, 0.2) is 15.0 Å². The molecule has 1 amide bonds. The van der Waals surface area contributed by atoms with Crippen LogP contribution in [0.25, 0.3) is 20.4 Å². The molecule has 0 unspecified atom stereocenters. The molecule has 0 spiro atoms. The fourth-order valence-corrected chi connectivity index (χ4v) is 5.01. The van der Waals surface area contributed by atoms with Gasteiger partial charge in [0.1, 0.15) is 4.83 Å². The molecule has 3 heterocycles. The number of hydrogen-bond donors (Lipinski definition) is 1. The van der Waals surface area contributed by atoms with Gasteiger partial charge in [-0.25, -0.2) is 18.4 Å². The molecule has 0 aliphatic carbocycles. The fourth-order valence-electron chi connectivity index (χ4n) is 2.65. The maximum atomic E-state index is 12.3. The number of nitrogens with zero attached hydrogens (tertiary/aromatic N) is 3. The van der Waals surface area contributed by atoms with Crippen LogP contribution in [0.4, 0.5) is 5.13 Å². The van der Waals surface area contributed by atoms with Crippen molar-refractivity contribution in [2.75, 3.05) is 11.6 Å². The summed E-state index contributed by atoms with van der Waals surface area (Å²) in [4.78, 5) is 34.0. The number of sulfone groups is 1. The van der Waals surface area contributed by atoms with Gasteiger partial charge in [-0.1, -0.05) is 11.3 Å². The molecule has 4 rings (SSSR count). The first-order chi connectivity index (χ1) is 13.3. The molecule has 11 heteroatoms. The van der Waals surface area contributed by atoms with E-state index in [0.29, 0.717) is 25.6 Å². The van der Waals surface area contributed by atoms with Crippen LogP contribution >= 0.6 is 22.7 Å². The Hall–Kier alpha value is -2.63. The van der Waals surface area contributed by atoms with E-state index in [0.717, 1.165) is 6.26 Å². The van der Waals surface area contributed by atoms with E-state index in [9.17, 15) is 18.0 Å². The third-order valence-electron chi connectivity index (χ3n) is 4.06. The highest BCUT2D eigenvalue weighted by molar-refractivity contribution is 7.90. The number of benzene rings is 1. The average Bonchev–Trinajstić information content (AvgIpc) is 3.26. The second kappa shape index (κ2) is 7.08. The first-order valence-corrected chi connectivity index (χ1v) is 11.7. The van der Waals surface area contributed by atoms with E-state index in [1.807, 2.05) is 0 Å². The van der Waals surface area contributed by atoms with Crippen LogP contribution in [0, 0.1) is 0 Å². The van der Waals surface area contributed by atoms with Crippen molar-refractivity contribution in [3.8, 4) is 0 Å². The molecule has 144 valence electrons. The summed E-state index contributed by atoms with van der Waals surface area (Å²) in [5.74, 6) is -0.292. The van der Waals surface area contributed by atoms with E-state index in [1.165, 1.54) is 39.6 Å². The summed E-state index contributed by atoms with van der Waals surface area (Å²) in [5, 5.41) is 5.42. The van der Waals surface area contributed by atoms with Crippen LogP contribution in [0.15, 0.2) is 45.7 Å². The number of carbonyl (C=O) groups excluding carboxylic acids is 1. The van der Waals surface area contributed by atoms with Crippen molar-refractivity contribution in [3.05, 3.63) is 46.3 Å². The highest BCUT2D eigenvalue weighted by atomic mass is 32.2. The largest absolute Gasteiger partial charge is 0.302 e. The number of aromatic nitrogens is 3. The summed E-state index contributed by atoms with van der Waals surface area (Å²) < 4.78 is 25.4. The maximum absolute atomic E-state index is 12.3. The molecule has 4 aromatic rings. The zero-order valence-electron chi connectivity index (χ0n) is 14.6. The lowest BCUT2D eigenvalue weighted by molar-refractivity contribution is -0.116. The number of fused-ring (bicyclic) bond motifs is 2. The van der Waals surface area contributed by atoms with Gasteiger partial charge in [0.25, 0.3) is 5.56 Å².